The van der Waals surface area contributed by atoms with Crippen LogP contribution in [0, 0.1) is 0 Å². The number of thiophene rings is 1. The third kappa shape index (κ3) is 3.73. The molecule has 1 heterocycles. The lowest BCUT2D eigenvalue weighted by atomic mass is 10.0. The molecule has 2 rings (SSSR count). The summed E-state index contributed by atoms with van der Waals surface area (Å²) in [6.45, 7) is 3.92. The van der Waals surface area contributed by atoms with Crippen molar-refractivity contribution in [3.63, 3.8) is 0 Å². The molecule has 0 fully saturated rings. The number of aromatic carboxylic acids is 1. The number of hydrogen-bond acceptors (Lipinski definition) is 4. The summed E-state index contributed by atoms with van der Waals surface area (Å²) < 4.78 is 27.6. The first kappa shape index (κ1) is 16.7. The number of carbonyl (C=O) groups is 1. The fraction of sp³-hybridized carbons (Fsp3) is 0.267. The Labute approximate surface area is 133 Å². The molecule has 0 saturated carbocycles. The Morgan fingerprint density at radius 3 is 2.59 bits per heavy atom. The number of nitrogens with one attached hydrogen (secondary N) is 1. The fourth-order valence-electron chi connectivity index (χ4n) is 2.03. The summed E-state index contributed by atoms with van der Waals surface area (Å²) in [5, 5.41) is 12.8. The maximum Gasteiger partial charge on any atom is 0.335 e. The topological polar surface area (TPSA) is 83.5 Å². The van der Waals surface area contributed by atoms with E-state index in [0.29, 0.717) is 5.56 Å². The second-order valence-electron chi connectivity index (χ2n) is 5.17. The van der Waals surface area contributed by atoms with Crippen LogP contribution in [0.5, 0.6) is 0 Å². The molecule has 7 heteroatoms. The molecule has 0 bridgehead atoms. The molecule has 0 aliphatic rings. The highest BCUT2D eigenvalue weighted by Gasteiger charge is 2.22. The third-order valence-corrected chi connectivity index (χ3v) is 5.41. The van der Waals surface area contributed by atoms with E-state index in [9.17, 15) is 13.2 Å². The minimum Gasteiger partial charge on any atom is -0.478 e. The van der Waals surface area contributed by atoms with Crippen molar-refractivity contribution in [2.24, 2.45) is 0 Å². The van der Waals surface area contributed by atoms with Crippen LogP contribution in [-0.2, 0) is 16.6 Å². The predicted molar refractivity (Wildman–Crippen MR) is 85.8 cm³/mol. The van der Waals surface area contributed by atoms with E-state index in [2.05, 4.69) is 4.72 Å². The van der Waals surface area contributed by atoms with Gasteiger partial charge in [0.1, 0.15) is 0 Å². The maximum absolute atomic E-state index is 12.5. The van der Waals surface area contributed by atoms with Crippen LogP contribution >= 0.6 is 11.3 Å². The highest BCUT2D eigenvalue weighted by atomic mass is 32.2. The summed E-state index contributed by atoms with van der Waals surface area (Å²) in [6, 6.07) is 6.04. The van der Waals surface area contributed by atoms with E-state index in [4.69, 9.17) is 5.11 Å². The molecule has 0 spiro atoms. The van der Waals surface area contributed by atoms with Gasteiger partial charge < -0.3 is 5.11 Å². The molecular formula is C15H17NO4S2. The number of carboxylic acid groups (broad SMARTS) is 1. The molecule has 0 aliphatic heterocycles. The molecule has 0 unspecified atom stereocenters. The molecule has 2 aromatic rings. The number of carboxylic acids is 1. The van der Waals surface area contributed by atoms with E-state index in [0.717, 1.165) is 5.56 Å². The fourth-order valence-corrected chi connectivity index (χ4v) is 4.10. The van der Waals surface area contributed by atoms with Gasteiger partial charge in [-0.05, 0) is 46.0 Å². The normalized spacial score (nSPS) is 11.8. The van der Waals surface area contributed by atoms with Crippen LogP contribution in [0.25, 0.3) is 0 Å². The Morgan fingerprint density at radius 1 is 1.32 bits per heavy atom. The van der Waals surface area contributed by atoms with Gasteiger partial charge in [0.25, 0.3) is 0 Å². The summed E-state index contributed by atoms with van der Waals surface area (Å²) >= 11 is 1.49. The van der Waals surface area contributed by atoms with Crippen molar-refractivity contribution in [2.75, 3.05) is 0 Å². The Kier molecular flexibility index (Phi) is 5.00. The third-order valence-electron chi connectivity index (χ3n) is 3.22. The first-order chi connectivity index (χ1) is 10.3. The average Bonchev–Trinajstić information content (AvgIpc) is 2.97. The van der Waals surface area contributed by atoms with Gasteiger partial charge in [-0.3, -0.25) is 0 Å². The first-order valence-electron chi connectivity index (χ1n) is 6.69. The van der Waals surface area contributed by atoms with Crippen molar-refractivity contribution in [1.29, 1.82) is 0 Å². The van der Waals surface area contributed by atoms with Gasteiger partial charge in [0.2, 0.25) is 10.0 Å². The second kappa shape index (κ2) is 6.60. The predicted octanol–water partition coefficient (Wildman–Crippen LogP) is 3.05. The van der Waals surface area contributed by atoms with Crippen molar-refractivity contribution in [2.45, 2.75) is 31.2 Å². The summed E-state index contributed by atoms with van der Waals surface area (Å²) in [7, 11) is -3.78. The van der Waals surface area contributed by atoms with Gasteiger partial charge >= 0.3 is 5.97 Å². The average molecular weight is 339 g/mol. The van der Waals surface area contributed by atoms with Crippen molar-refractivity contribution in [3.8, 4) is 0 Å². The Morgan fingerprint density at radius 2 is 2.05 bits per heavy atom. The molecule has 0 atom stereocenters. The molecule has 1 aromatic heterocycles. The van der Waals surface area contributed by atoms with Crippen LogP contribution in [0.1, 0.15) is 41.3 Å². The zero-order chi connectivity index (χ0) is 16.3. The smallest absolute Gasteiger partial charge is 0.335 e. The van der Waals surface area contributed by atoms with Gasteiger partial charge in [0.15, 0.2) is 0 Å². The number of hydrogen-bond donors (Lipinski definition) is 2. The van der Waals surface area contributed by atoms with Crippen molar-refractivity contribution >= 4 is 27.3 Å². The number of rotatable bonds is 6. The van der Waals surface area contributed by atoms with E-state index in [1.807, 2.05) is 30.7 Å². The van der Waals surface area contributed by atoms with Crippen LogP contribution < -0.4 is 4.72 Å². The van der Waals surface area contributed by atoms with E-state index >= 15 is 0 Å². The zero-order valence-corrected chi connectivity index (χ0v) is 13.9. The minimum atomic E-state index is -3.78. The minimum absolute atomic E-state index is 0.0256. The molecule has 22 heavy (non-hydrogen) atoms. The van der Waals surface area contributed by atoms with Gasteiger partial charge in [-0.2, -0.15) is 11.3 Å². The van der Waals surface area contributed by atoms with Crippen LogP contribution in [0.15, 0.2) is 39.9 Å². The zero-order valence-electron chi connectivity index (χ0n) is 12.2. The lowest BCUT2D eigenvalue weighted by Gasteiger charge is -2.14. The van der Waals surface area contributed by atoms with Crippen LogP contribution in [-0.4, -0.2) is 19.5 Å². The molecular weight excluding hydrogens is 322 g/mol. The molecule has 1 aromatic carbocycles. The van der Waals surface area contributed by atoms with E-state index < -0.39 is 16.0 Å². The Hall–Kier alpha value is -1.70. The monoisotopic (exact) mass is 339 g/mol. The van der Waals surface area contributed by atoms with Crippen LogP contribution in [0.2, 0.25) is 0 Å². The summed E-state index contributed by atoms with van der Waals surface area (Å²) in [4.78, 5) is 11.1. The number of sulfonamides is 1. The van der Waals surface area contributed by atoms with E-state index in [1.54, 1.807) is 6.07 Å². The van der Waals surface area contributed by atoms with E-state index in [-0.39, 0.29) is 22.9 Å². The van der Waals surface area contributed by atoms with E-state index in [1.165, 1.54) is 23.5 Å². The summed E-state index contributed by atoms with van der Waals surface area (Å²) in [6.07, 6.45) is 0. The molecule has 5 nitrogen and oxygen atoms in total. The lowest BCUT2D eigenvalue weighted by molar-refractivity contribution is 0.0696. The Balaban J connectivity index is 2.38. The molecule has 2 N–H and O–H groups in total. The van der Waals surface area contributed by atoms with Crippen molar-refractivity contribution in [3.05, 3.63) is 51.7 Å². The summed E-state index contributed by atoms with van der Waals surface area (Å²) in [5.41, 5.74) is 1.43. The first-order valence-corrected chi connectivity index (χ1v) is 9.12. The Bertz CT molecular complexity index is 765. The van der Waals surface area contributed by atoms with Gasteiger partial charge in [-0.15, -0.1) is 0 Å². The second-order valence-corrected chi connectivity index (χ2v) is 7.68. The molecule has 0 amide bonds. The molecule has 0 saturated heterocycles. The van der Waals surface area contributed by atoms with Gasteiger partial charge in [-0.1, -0.05) is 19.9 Å². The number of benzene rings is 1. The lowest BCUT2D eigenvalue weighted by Crippen LogP contribution is -2.24. The van der Waals surface area contributed by atoms with Gasteiger partial charge in [0.05, 0.1) is 10.5 Å². The quantitative estimate of drug-likeness (QED) is 0.847. The van der Waals surface area contributed by atoms with Crippen molar-refractivity contribution in [1.82, 2.24) is 4.72 Å². The molecule has 0 radical (unpaired) electrons. The SMILES string of the molecule is CC(C)c1ccc(C(=O)O)cc1S(=O)(=O)NCc1ccsc1. The largest absolute Gasteiger partial charge is 0.478 e. The molecule has 118 valence electrons. The highest BCUT2D eigenvalue weighted by molar-refractivity contribution is 7.89. The van der Waals surface area contributed by atoms with Gasteiger partial charge in [-0.25, -0.2) is 17.9 Å². The molecule has 0 aliphatic carbocycles. The van der Waals surface area contributed by atoms with Crippen molar-refractivity contribution < 1.29 is 18.3 Å². The standard InChI is InChI=1S/C15H17NO4S2/c1-10(2)13-4-3-12(15(17)18)7-14(13)22(19,20)16-8-11-5-6-21-9-11/h3-7,9-10,16H,8H2,1-2H3,(H,17,18). The van der Waals surface area contributed by atoms with Crippen LogP contribution in [0.3, 0.4) is 0 Å². The van der Waals surface area contributed by atoms with Crippen LogP contribution in [0.4, 0.5) is 0 Å². The maximum atomic E-state index is 12.5. The van der Waals surface area contributed by atoms with Gasteiger partial charge in [0, 0.05) is 6.54 Å². The highest BCUT2D eigenvalue weighted by Crippen LogP contribution is 2.25. The summed E-state index contributed by atoms with van der Waals surface area (Å²) in [5.74, 6) is -1.18.